The number of rotatable bonds is 2. The van der Waals surface area contributed by atoms with E-state index < -0.39 is 5.97 Å². The van der Waals surface area contributed by atoms with Gasteiger partial charge in [-0.25, -0.2) is 4.79 Å². The van der Waals surface area contributed by atoms with Crippen molar-refractivity contribution in [2.75, 3.05) is 7.11 Å². The van der Waals surface area contributed by atoms with E-state index in [1.54, 1.807) is 6.07 Å². The first-order chi connectivity index (χ1) is 14.9. The summed E-state index contributed by atoms with van der Waals surface area (Å²) in [6.07, 6.45) is 3.31. The van der Waals surface area contributed by atoms with Crippen LogP contribution in [0.15, 0.2) is 72.8 Å². The summed E-state index contributed by atoms with van der Waals surface area (Å²) in [7, 11) is 1.28. The van der Waals surface area contributed by atoms with Crippen LogP contribution in [-0.2, 0) is 10.2 Å². The van der Waals surface area contributed by atoms with Gasteiger partial charge in [0.15, 0.2) is 0 Å². The van der Waals surface area contributed by atoms with E-state index in [1.807, 2.05) is 12.1 Å². The molecule has 0 spiro atoms. The fourth-order valence-corrected chi connectivity index (χ4v) is 3.94. The first-order valence-electron chi connectivity index (χ1n) is 10.2. The van der Waals surface area contributed by atoms with Crippen LogP contribution in [0.25, 0.3) is 5.57 Å². The first-order valence-corrected chi connectivity index (χ1v) is 10.2. The third kappa shape index (κ3) is 4.11. The second kappa shape index (κ2) is 8.16. The molecule has 0 fully saturated rings. The Morgan fingerprint density at radius 1 is 0.968 bits per heavy atom. The first kappa shape index (κ1) is 20.5. The summed E-state index contributed by atoms with van der Waals surface area (Å²) >= 11 is 0. The Morgan fingerprint density at radius 2 is 1.65 bits per heavy atom. The van der Waals surface area contributed by atoms with Crippen molar-refractivity contribution in [2.45, 2.75) is 25.7 Å². The van der Waals surface area contributed by atoms with Gasteiger partial charge < -0.3 is 9.84 Å². The second-order valence-corrected chi connectivity index (χ2v) is 8.31. The highest BCUT2D eigenvalue weighted by Gasteiger charge is 2.28. The number of esters is 1. The molecule has 0 amide bonds. The van der Waals surface area contributed by atoms with E-state index in [1.165, 1.54) is 41.5 Å². The van der Waals surface area contributed by atoms with Gasteiger partial charge in [-0.2, -0.15) is 0 Å². The molecule has 0 aliphatic heterocycles. The largest absolute Gasteiger partial charge is 0.507 e. The zero-order chi connectivity index (χ0) is 22.0. The van der Waals surface area contributed by atoms with Gasteiger partial charge in [0.2, 0.25) is 0 Å². The molecule has 0 heterocycles. The van der Waals surface area contributed by atoms with Gasteiger partial charge in [0.05, 0.1) is 7.11 Å². The van der Waals surface area contributed by atoms with Crippen molar-refractivity contribution in [3.05, 3.63) is 106 Å². The molecule has 1 N–H and O–H groups in total. The van der Waals surface area contributed by atoms with Gasteiger partial charge in [0, 0.05) is 11.1 Å². The van der Waals surface area contributed by atoms with E-state index in [0.29, 0.717) is 5.56 Å². The highest BCUT2D eigenvalue weighted by Crippen LogP contribution is 2.41. The molecule has 3 aromatic rings. The lowest BCUT2D eigenvalue weighted by atomic mass is 9.72. The van der Waals surface area contributed by atoms with E-state index in [2.05, 4.69) is 72.9 Å². The minimum absolute atomic E-state index is 0.0646. The van der Waals surface area contributed by atoms with Crippen LogP contribution in [0.3, 0.4) is 0 Å². The van der Waals surface area contributed by atoms with Crippen LogP contribution in [0.2, 0.25) is 0 Å². The lowest BCUT2D eigenvalue weighted by Gasteiger charge is -2.32. The molecule has 31 heavy (non-hydrogen) atoms. The Morgan fingerprint density at radius 3 is 2.32 bits per heavy atom. The third-order valence-electron chi connectivity index (χ3n) is 5.69. The normalized spacial score (nSPS) is 14.0. The van der Waals surface area contributed by atoms with Crippen molar-refractivity contribution < 1.29 is 14.6 Å². The van der Waals surface area contributed by atoms with Gasteiger partial charge >= 0.3 is 5.97 Å². The zero-order valence-electron chi connectivity index (χ0n) is 17.9. The van der Waals surface area contributed by atoms with Crippen molar-refractivity contribution in [3.8, 4) is 17.6 Å². The zero-order valence-corrected chi connectivity index (χ0v) is 17.9. The molecule has 154 valence electrons. The van der Waals surface area contributed by atoms with Crippen LogP contribution < -0.4 is 0 Å². The summed E-state index contributed by atoms with van der Waals surface area (Å²) < 4.78 is 4.66. The maximum atomic E-state index is 11.6. The monoisotopic (exact) mass is 408 g/mol. The fraction of sp³-hybridized carbons (Fsp3) is 0.179. The summed E-state index contributed by atoms with van der Waals surface area (Å²) in [5, 5.41) is 10.1. The standard InChI is InChI=1S/C28H24O3/c1-28(2)16-15-22(21-7-5-4-6-8-21)24-17-19(12-14-25(24)28)9-10-20-11-13-23(26(29)18-20)27(30)31-3/h4-8,11-15,17-18,29H,16H2,1-3H3. The number of carbonyl (C=O) groups is 1. The Hall–Kier alpha value is -3.77. The Labute approximate surface area is 183 Å². The molecule has 0 aromatic heterocycles. The maximum absolute atomic E-state index is 11.6. The average molecular weight is 408 g/mol. The topological polar surface area (TPSA) is 46.5 Å². The van der Waals surface area contributed by atoms with Crippen LogP contribution in [0.4, 0.5) is 0 Å². The second-order valence-electron chi connectivity index (χ2n) is 8.31. The molecular weight excluding hydrogens is 384 g/mol. The number of hydrogen-bond acceptors (Lipinski definition) is 3. The van der Waals surface area contributed by atoms with Crippen LogP contribution in [0.5, 0.6) is 5.75 Å². The van der Waals surface area contributed by atoms with E-state index >= 15 is 0 Å². The van der Waals surface area contributed by atoms with Gasteiger partial charge in [-0.15, -0.1) is 0 Å². The summed E-state index contributed by atoms with van der Waals surface area (Å²) in [6, 6.07) is 21.5. The number of ether oxygens (including phenoxy) is 1. The van der Waals surface area contributed by atoms with Crippen molar-refractivity contribution in [2.24, 2.45) is 0 Å². The molecule has 0 radical (unpaired) electrons. The minimum Gasteiger partial charge on any atom is -0.507 e. The van der Waals surface area contributed by atoms with Crippen molar-refractivity contribution in [3.63, 3.8) is 0 Å². The van der Waals surface area contributed by atoms with Gasteiger partial charge in [0.1, 0.15) is 11.3 Å². The van der Waals surface area contributed by atoms with Crippen LogP contribution >= 0.6 is 0 Å². The molecule has 1 aliphatic rings. The number of phenols is 1. The number of aromatic hydroxyl groups is 1. The molecule has 0 saturated carbocycles. The van der Waals surface area contributed by atoms with E-state index in [0.717, 1.165) is 12.0 Å². The van der Waals surface area contributed by atoms with Crippen molar-refractivity contribution in [1.29, 1.82) is 0 Å². The smallest absolute Gasteiger partial charge is 0.341 e. The molecule has 4 rings (SSSR count). The molecule has 0 saturated heterocycles. The third-order valence-corrected chi connectivity index (χ3v) is 5.69. The highest BCUT2D eigenvalue weighted by molar-refractivity contribution is 5.92. The van der Waals surface area contributed by atoms with Crippen LogP contribution in [0.1, 0.15) is 58.4 Å². The quantitative estimate of drug-likeness (QED) is 0.438. The number of benzene rings is 3. The van der Waals surface area contributed by atoms with Gasteiger partial charge in [-0.1, -0.05) is 68.2 Å². The van der Waals surface area contributed by atoms with Gasteiger partial charge in [-0.3, -0.25) is 0 Å². The molecule has 3 heteroatoms. The van der Waals surface area contributed by atoms with Crippen LogP contribution in [0, 0.1) is 11.8 Å². The summed E-state index contributed by atoms with van der Waals surface area (Å²) in [4.78, 5) is 11.6. The molecule has 3 aromatic carbocycles. The number of carbonyl (C=O) groups excluding carboxylic acids is 1. The van der Waals surface area contributed by atoms with Crippen molar-refractivity contribution >= 4 is 11.5 Å². The van der Waals surface area contributed by atoms with E-state index in [9.17, 15) is 9.90 Å². The maximum Gasteiger partial charge on any atom is 0.341 e. The average Bonchev–Trinajstić information content (AvgIpc) is 2.78. The minimum atomic E-state index is -0.575. The molecule has 1 aliphatic carbocycles. The molecule has 0 atom stereocenters. The highest BCUT2D eigenvalue weighted by atomic mass is 16.5. The summed E-state index contributed by atoms with van der Waals surface area (Å²) in [6.45, 7) is 4.53. The number of methoxy groups -OCH3 is 1. The Kier molecular flexibility index (Phi) is 5.40. The Balaban J connectivity index is 1.71. The van der Waals surface area contributed by atoms with Crippen LogP contribution in [-0.4, -0.2) is 18.2 Å². The number of phenolic OH excluding ortho intramolecular Hbond substituents is 1. The summed E-state index contributed by atoms with van der Waals surface area (Å²) in [5.41, 5.74) is 6.68. The van der Waals surface area contributed by atoms with E-state index in [-0.39, 0.29) is 16.7 Å². The summed E-state index contributed by atoms with van der Waals surface area (Å²) in [5.74, 6) is 5.57. The lowest BCUT2D eigenvalue weighted by molar-refractivity contribution is 0.0597. The number of allylic oxidation sites excluding steroid dienone is 1. The Bertz CT molecular complexity index is 1240. The SMILES string of the molecule is COC(=O)c1ccc(C#Cc2ccc3c(c2)C(c2ccccc2)=CCC3(C)C)cc1O. The van der Waals surface area contributed by atoms with E-state index in [4.69, 9.17) is 0 Å². The molecule has 0 unspecified atom stereocenters. The van der Waals surface area contributed by atoms with Gasteiger partial charge in [0.25, 0.3) is 0 Å². The number of hydrogen-bond donors (Lipinski definition) is 1. The fourth-order valence-electron chi connectivity index (χ4n) is 3.94. The predicted octanol–water partition coefficient (Wildman–Crippen LogP) is 5.69. The molecule has 0 bridgehead atoms. The molecular formula is C28H24O3. The van der Waals surface area contributed by atoms with Crippen molar-refractivity contribution in [1.82, 2.24) is 0 Å². The van der Waals surface area contributed by atoms with Gasteiger partial charge in [-0.05, 0) is 64.4 Å². The number of fused-ring (bicyclic) bond motifs is 1. The molecule has 3 nitrogen and oxygen atoms in total. The predicted molar refractivity (Wildman–Crippen MR) is 123 cm³/mol. The lowest BCUT2D eigenvalue weighted by Crippen LogP contribution is -2.21.